The molecule has 0 saturated heterocycles. The molecule has 0 aliphatic heterocycles. The quantitative estimate of drug-likeness (QED) is 0.792. The zero-order valence-corrected chi connectivity index (χ0v) is 10.9. The summed E-state index contributed by atoms with van der Waals surface area (Å²) in [6.45, 7) is 4.95. The molecule has 1 N–H and O–H groups in total. The van der Waals surface area contributed by atoms with Crippen LogP contribution in [0.1, 0.15) is 19.8 Å². The van der Waals surface area contributed by atoms with Crippen LogP contribution in [0, 0.1) is 0 Å². The highest BCUT2D eigenvalue weighted by molar-refractivity contribution is 5.81. The molecule has 0 spiro atoms. The number of fused-ring (bicyclic) bond motifs is 1. The van der Waals surface area contributed by atoms with Crippen LogP contribution in [-0.4, -0.2) is 17.7 Å². The molecule has 2 aromatic rings. The van der Waals surface area contributed by atoms with E-state index in [1.165, 1.54) is 0 Å². The fourth-order valence-corrected chi connectivity index (χ4v) is 2.08. The largest absolute Gasteiger partial charge is 0.317 e. The Bertz CT molecular complexity index is 560. The van der Waals surface area contributed by atoms with E-state index >= 15 is 0 Å². The van der Waals surface area contributed by atoms with Gasteiger partial charge in [0.1, 0.15) is 0 Å². The van der Waals surface area contributed by atoms with Crippen LogP contribution >= 0.6 is 0 Å². The van der Waals surface area contributed by atoms with Gasteiger partial charge in [-0.25, -0.2) is 0 Å². The number of aromatic nitrogens is 1. The summed E-state index contributed by atoms with van der Waals surface area (Å²) in [5, 5.41) is 5.17. The van der Waals surface area contributed by atoms with E-state index in [0.29, 0.717) is 0 Å². The Balaban J connectivity index is 2.05. The zero-order chi connectivity index (χ0) is 12.8. The SMILES string of the molecule is CCCNCCCn1ccc2ccccc2c1=O. The molecule has 0 aliphatic rings. The summed E-state index contributed by atoms with van der Waals surface area (Å²) >= 11 is 0. The van der Waals surface area contributed by atoms with E-state index in [1.807, 2.05) is 36.5 Å². The van der Waals surface area contributed by atoms with Crippen molar-refractivity contribution in [3.05, 3.63) is 46.9 Å². The molecule has 0 fully saturated rings. The van der Waals surface area contributed by atoms with Gasteiger partial charge in [0.15, 0.2) is 0 Å². The lowest BCUT2D eigenvalue weighted by Gasteiger charge is -2.07. The molecule has 0 amide bonds. The van der Waals surface area contributed by atoms with Gasteiger partial charge in [0, 0.05) is 18.1 Å². The van der Waals surface area contributed by atoms with E-state index in [2.05, 4.69) is 12.2 Å². The van der Waals surface area contributed by atoms with Gasteiger partial charge < -0.3 is 9.88 Å². The molecule has 18 heavy (non-hydrogen) atoms. The van der Waals surface area contributed by atoms with Crippen LogP contribution in [0.3, 0.4) is 0 Å². The standard InChI is InChI=1S/C15H20N2O/c1-2-9-16-10-5-11-17-12-8-13-6-3-4-7-14(13)15(17)18/h3-4,6-8,12,16H,2,5,9-11H2,1H3. The molecule has 96 valence electrons. The zero-order valence-electron chi connectivity index (χ0n) is 10.9. The summed E-state index contributed by atoms with van der Waals surface area (Å²) in [6, 6.07) is 9.75. The number of nitrogens with zero attached hydrogens (tertiary/aromatic N) is 1. The van der Waals surface area contributed by atoms with Crippen molar-refractivity contribution in [1.82, 2.24) is 9.88 Å². The first-order valence-electron chi connectivity index (χ1n) is 6.62. The number of nitrogens with one attached hydrogen (secondary N) is 1. The van der Waals surface area contributed by atoms with Crippen molar-refractivity contribution in [2.75, 3.05) is 13.1 Å². The third-order valence-corrected chi connectivity index (χ3v) is 3.07. The molecule has 2 rings (SSSR count). The summed E-state index contributed by atoms with van der Waals surface area (Å²) < 4.78 is 1.80. The van der Waals surface area contributed by atoms with Crippen LogP contribution in [0.5, 0.6) is 0 Å². The Labute approximate surface area is 107 Å². The maximum absolute atomic E-state index is 12.2. The number of rotatable bonds is 6. The smallest absolute Gasteiger partial charge is 0.258 e. The summed E-state index contributed by atoms with van der Waals surface area (Å²) in [5.74, 6) is 0. The highest BCUT2D eigenvalue weighted by atomic mass is 16.1. The maximum atomic E-state index is 12.2. The molecule has 0 radical (unpaired) electrons. The van der Waals surface area contributed by atoms with E-state index in [9.17, 15) is 4.79 Å². The minimum absolute atomic E-state index is 0.114. The average Bonchev–Trinajstić information content (AvgIpc) is 2.41. The molecule has 0 unspecified atom stereocenters. The minimum atomic E-state index is 0.114. The normalized spacial score (nSPS) is 10.9. The second-order valence-electron chi connectivity index (χ2n) is 4.51. The third kappa shape index (κ3) is 2.99. The second-order valence-corrected chi connectivity index (χ2v) is 4.51. The molecule has 0 saturated carbocycles. The van der Waals surface area contributed by atoms with Gasteiger partial charge >= 0.3 is 0 Å². The molecule has 0 aliphatic carbocycles. The van der Waals surface area contributed by atoms with Gasteiger partial charge in [-0.15, -0.1) is 0 Å². The predicted octanol–water partition coefficient (Wildman–Crippen LogP) is 2.39. The van der Waals surface area contributed by atoms with Crippen molar-refractivity contribution in [2.45, 2.75) is 26.3 Å². The van der Waals surface area contributed by atoms with Gasteiger partial charge in [-0.3, -0.25) is 4.79 Å². The van der Waals surface area contributed by atoms with E-state index in [0.717, 1.165) is 43.2 Å². The lowest BCUT2D eigenvalue weighted by atomic mass is 10.2. The van der Waals surface area contributed by atoms with Crippen molar-refractivity contribution in [1.29, 1.82) is 0 Å². The van der Waals surface area contributed by atoms with Crippen LogP contribution in [0.2, 0.25) is 0 Å². The number of aryl methyl sites for hydroxylation is 1. The summed E-state index contributed by atoms with van der Waals surface area (Å²) in [4.78, 5) is 12.2. The topological polar surface area (TPSA) is 34.0 Å². The number of hydrogen-bond donors (Lipinski definition) is 1. The van der Waals surface area contributed by atoms with E-state index in [4.69, 9.17) is 0 Å². The van der Waals surface area contributed by atoms with Gasteiger partial charge in [0.2, 0.25) is 0 Å². The molecule has 1 aromatic heterocycles. The monoisotopic (exact) mass is 244 g/mol. The first kappa shape index (κ1) is 12.8. The van der Waals surface area contributed by atoms with Crippen LogP contribution in [-0.2, 0) is 6.54 Å². The number of pyridine rings is 1. The predicted molar refractivity (Wildman–Crippen MR) is 76.0 cm³/mol. The van der Waals surface area contributed by atoms with Gasteiger partial charge in [-0.1, -0.05) is 25.1 Å². The van der Waals surface area contributed by atoms with Gasteiger partial charge in [-0.05, 0) is 43.5 Å². The lowest BCUT2D eigenvalue weighted by Crippen LogP contribution is -2.23. The first-order valence-corrected chi connectivity index (χ1v) is 6.62. The fraction of sp³-hybridized carbons (Fsp3) is 0.400. The van der Waals surface area contributed by atoms with Gasteiger partial charge in [-0.2, -0.15) is 0 Å². The summed E-state index contributed by atoms with van der Waals surface area (Å²) in [5.41, 5.74) is 0.114. The lowest BCUT2D eigenvalue weighted by molar-refractivity contribution is 0.570. The van der Waals surface area contributed by atoms with Crippen molar-refractivity contribution in [2.24, 2.45) is 0 Å². The highest BCUT2D eigenvalue weighted by Crippen LogP contribution is 2.07. The van der Waals surface area contributed by atoms with E-state index in [-0.39, 0.29) is 5.56 Å². The molecule has 1 aromatic carbocycles. The van der Waals surface area contributed by atoms with E-state index < -0.39 is 0 Å². The maximum Gasteiger partial charge on any atom is 0.258 e. The Morgan fingerprint density at radius 3 is 2.83 bits per heavy atom. The van der Waals surface area contributed by atoms with Crippen molar-refractivity contribution in [3.63, 3.8) is 0 Å². The molecular formula is C15H20N2O. The second kappa shape index (κ2) is 6.36. The van der Waals surface area contributed by atoms with E-state index in [1.54, 1.807) is 4.57 Å². The third-order valence-electron chi connectivity index (χ3n) is 3.07. The van der Waals surface area contributed by atoms with Gasteiger partial charge in [0.25, 0.3) is 5.56 Å². The Hall–Kier alpha value is -1.61. The van der Waals surface area contributed by atoms with Crippen molar-refractivity contribution in [3.8, 4) is 0 Å². The van der Waals surface area contributed by atoms with Crippen LogP contribution < -0.4 is 10.9 Å². The van der Waals surface area contributed by atoms with Crippen LogP contribution in [0.4, 0.5) is 0 Å². The first-order chi connectivity index (χ1) is 8.83. The Morgan fingerprint density at radius 2 is 2.00 bits per heavy atom. The number of hydrogen-bond acceptors (Lipinski definition) is 2. The molecule has 0 bridgehead atoms. The highest BCUT2D eigenvalue weighted by Gasteiger charge is 2.01. The Morgan fingerprint density at radius 1 is 1.17 bits per heavy atom. The van der Waals surface area contributed by atoms with Crippen molar-refractivity contribution >= 4 is 10.8 Å². The van der Waals surface area contributed by atoms with Crippen LogP contribution in [0.25, 0.3) is 10.8 Å². The average molecular weight is 244 g/mol. The minimum Gasteiger partial charge on any atom is -0.317 e. The summed E-state index contributed by atoms with van der Waals surface area (Å²) in [6.07, 6.45) is 4.03. The summed E-state index contributed by atoms with van der Waals surface area (Å²) in [7, 11) is 0. The van der Waals surface area contributed by atoms with Gasteiger partial charge in [0.05, 0.1) is 0 Å². The fourth-order valence-electron chi connectivity index (χ4n) is 2.08. The molecular weight excluding hydrogens is 224 g/mol. The molecule has 3 heteroatoms. The van der Waals surface area contributed by atoms with Crippen molar-refractivity contribution < 1.29 is 0 Å². The molecule has 1 heterocycles. The number of benzene rings is 1. The molecule has 0 atom stereocenters. The molecule has 3 nitrogen and oxygen atoms in total. The Kier molecular flexibility index (Phi) is 4.53. The van der Waals surface area contributed by atoms with Crippen LogP contribution in [0.15, 0.2) is 41.3 Å².